The van der Waals surface area contributed by atoms with Crippen molar-refractivity contribution in [3.8, 4) is 5.75 Å². The molecule has 0 radical (unpaired) electrons. The zero-order valence-corrected chi connectivity index (χ0v) is 12.0. The summed E-state index contributed by atoms with van der Waals surface area (Å²) in [6.07, 6.45) is 0.834. The molecule has 0 spiro atoms. The van der Waals surface area contributed by atoms with E-state index in [-0.39, 0.29) is 0 Å². The van der Waals surface area contributed by atoms with Gasteiger partial charge in [0.25, 0.3) is 0 Å². The predicted molar refractivity (Wildman–Crippen MR) is 71.8 cm³/mol. The van der Waals surface area contributed by atoms with E-state index in [1.54, 1.807) is 13.2 Å². The summed E-state index contributed by atoms with van der Waals surface area (Å²) in [6, 6.07) is 5.44. The topological polar surface area (TPSA) is 75.6 Å². The van der Waals surface area contributed by atoms with Crippen molar-refractivity contribution in [1.29, 1.82) is 0 Å². The molecule has 102 valence electrons. The molecule has 1 aliphatic rings. The molecule has 1 saturated carbocycles. The number of amides is 1. The first-order chi connectivity index (χ1) is 8.99. The second kappa shape index (κ2) is 5.21. The molecule has 1 fully saturated rings. The molecule has 19 heavy (non-hydrogen) atoms. The van der Waals surface area contributed by atoms with E-state index in [4.69, 9.17) is 9.84 Å². The predicted octanol–water partition coefficient (Wildman–Crippen LogP) is 1.94. The largest absolute Gasteiger partial charge is 0.496 e. The lowest BCUT2D eigenvalue weighted by atomic mass is 10.1. The number of rotatable bonds is 5. The molecule has 0 bridgehead atoms. The Morgan fingerprint density at radius 2 is 2.16 bits per heavy atom. The summed E-state index contributed by atoms with van der Waals surface area (Å²) >= 11 is 3.36. The van der Waals surface area contributed by atoms with Crippen molar-refractivity contribution in [3.63, 3.8) is 0 Å². The molecular formula is C13H14BrNO4. The smallest absolute Gasteiger partial charge is 0.319 e. The SMILES string of the molecule is COc1ccc(CNC(=O)C2(C(=O)O)CC2)cc1Br. The number of carboxylic acid groups (broad SMARTS) is 1. The van der Waals surface area contributed by atoms with Crippen LogP contribution in [-0.2, 0) is 16.1 Å². The Morgan fingerprint density at radius 1 is 1.47 bits per heavy atom. The number of aliphatic carboxylic acids is 1. The molecule has 0 unspecified atom stereocenters. The van der Waals surface area contributed by atoms with E-state index in [1.165, 1.54) is 0 Å². The Morgan fingerprint density at radius 3 is 2.63 bits per heavy atom. The third-order valence-corrected chi connectivity index (χ3v) is 3.88. The summed E-state index contributed by atoms with van der Waals surface area (Å²) in [5.74, 6) is -0.743. The number of hydrogen-bond donors (Lipinski definition) is 2. The fourth-order valence-electron chi connectivity index (χ4n) is 1.83. The summed E-state index contributed by atoms with van der Waals surface area (Å²) in [5, 5.41) is 11.7. The highest BCUT2D eigenvalue weighted by molar-refractivity contribution is 9.10. The summed E-state index contributed by atoms with van der Waals surface area (Å²) in [6.45, 7) is 0.302. The van der Waals surface area contributed by atoms with E-state index < -0.39 is 17.3 Å². The first-order valence-electron chi connectivity index (χ1n) is 5.84. The lowest BCUT2D eigenvalue weighted by molar-refractivity contribution is -0.149. The average molecular weight is 328 g/mol. The molecule has 2 rings (SSSR count). The summed E-state index contributed by atoms with van der Waals surface area (Å²) in [7, 11) is 1.57. The highest BCUT2D eigenvalue weighted by Gasteiger charge is 2.56. The lowest BCUT2D eigenvalue weighted by Crippen LogP contribution is -2.36. The third-order valence-electron chi connectivity index (χ3n) is 3.26. The van der Waals surface area contributed by atoms with Crippen LogP contribution in [0.4, 0.5) is 0 Å². The number of halogens is 1. The van der Waals surface area contributed by atoms with Crippen molar-refractivity contribution in [2.24, 2.45) is 5.41 Å². The van der Waals surface area contributed by atoms with Crippen molar-refractivity contribution in [2.45, 2.75) is 19.4 Å². The summed E-state index contributed by atoms with van der Waals surface area (Å²) in [4.78, 5) is 22.8. The Kier molecular flexibility index (Phi) is 3.80. The average Bonchev–Trinajstić information content (AvgIpc) is 3.17. The summed E-state index contributed by atoms with van der Waals surface area (Å²) in [5.41, 5.74) is -0.314. The molecule has 1 aromatic carbocycles. The number of carbonyl (C=O) groups excluding carboxylic acids is 1. The van der Waals surface area contributed by atoms with Crippen LogP contribution in [0.2, 0.25) is 0 Å². The van der Waals surface area contributed by atoms with E-state index in [0.717, 1.165) is 10.0 Å². The van der Waals surface area contributed by atoms with Gasteiger partial charge in [0.05, 0.1) is 11.6 Å². The quantitative estimate of drug-likeness (QED) is 0.810. The minimum absolute atomic E-state index is 0.302. The van der Waals surface area contributed by atoms with Crippen molar-refractivity contribution in [1.82, 2.24) is 5.32 Å². The number of benzene rings is 1. The van der Waals surface area contributed by atoms with Gasteiger partial charge in [0.2, 0.25) is 5.91 Å². The monoisotopic (exact) mass is 327 g/mol. The third kappa shape index (κ3) is 2.73. The van der Waals surface area contributed by atoms with Crippen LogP contribution >= 0.6 is 15.9 Å². The van der Waals surface area contributed by atoms with E-state index in [9.17, 15) is 9.59 Å². The van der Waals surface area contributed by atoms with Crippen LogP contribution in [-0.4, -0.2) is 24.1 Å². The van der Waals surface area contributed by atoms with Gasteiger partial charge in [0.1, 0.15) is 11.2 Å². The van der Waals surface area contributed by atoms with Gasteiger partial charge >= 0.3 is 5.97 Å². The second-order valence-corrected chi connectivity index (χ2v) is 5.39. The molecule has 0 aromatic heterocycles. The fourth-order valence-corrected chi connectivity index (χ4v) is 2.42. The number of carboxylic acids is 1. The van der Waals surface area contributed by atoms with Gasteiger partial charge in [-0.05, 0) is 46.5 Å². The van der Waals surface area contributed by atoms with E-state index >= 15 is 0 Å². The maximum Gasteiger partial charge on any atom is 0.319 e. The van der Waals surface area contributed by atoms with Gasteiger partial charge in [0, 0.05) is 6.54 Å². The van der Waals surface area contributed by atoms with Gasteiger partial charge in [-0.2, -0.15) is 0 Å². The van der Waals surface area contributed by atoms with Crippen molar-refractivity contribution in [3.05, 3.63) is 28.2 Å². The molecule has 6 heteroatoms. The Bertz CT molecular complexity index is 525. The van der Waals surface area contributed by atoms with Crippen LogP contribution in [0, 0.1) is 5.41 Å². The maximum atomic E-state index is 11.8. The first kappa shape index (κ1) is 13.9. The van der Waals surface area contributed by atoms with Crippen molar-refractivity contribution in [2.75, 3.05) is 7.11 Å². The minimum atomic E-state index is -1.19. The van der Waals surface area contributed by atoms with Crippen molar-refractivity contribution >= 4 is 27.8 Å². The van der Waals surface area contributed by atoms with E-state index in [0.29, 0.717) is 25.1 Å². The van der Waals surface area contributed by atoms with E-state index in [1.807, 2.05) is 12.1 Å². The molecule has 1 aromatic rings. The van der Waals surface area contributed by atoms with Gasteiger partial charge in [0.15, 0.2) is 0 Å². The van der Waals surface area contributed by atoms with Crippen molar-refractivity contribution < 1.29 is 19.4 Å². The van der Waals surface area contributed by atoms with Crippen LogP contribution in [0.5, 0.6) is 5.75 Å². The molecule has 0 atom stereocenters. The van der Waals surface area contributed by atoms with Crippen LogP contribution in [0.3, 0.4) is 0 Å². The van der Waals surface area contributed by atoms with E-state index in [2.05, 4.69) is 21.2 Å². The fraction of sp³-hybridized carbons (Fsp3) is 0.385. The number of nitrogens with one attached hydrogen (secondary N) is 1. The van der Waals surface area contributed by atoms with Gasteiger partial charge in [-0.15, -0.1) is 0 Å². The number of hydrogen-bond acceptors (Lipinski definition) is 3. The molecule has 1 amide bonds. The number of methoxy groups -OCH3 is 1. The highest BCUT2D eigenvalue weighted by Crippen LogP contribution is 2.46. The maximum absolute atomic E-state index is 11.8. The Balaban J connectivity index is 1.98. The van der Waals surface area contributed by atoms with Gasteiger partial charge in [-0.25, -0.2) is 0 Å². The summed E-state index contributed by atoms with van der Waals surface area (Å²) < 4.78 is 5.90. The molecule has 0 heterocycles. The van der Waals surface area contributed by atoms with Gasteiger partial charge in [-0.1, -0.05) is 6.07 Å². The Labute approximate surface area is 119 Å². The van der Waals surface area contributed by atoms with Gasteiger partial charge in [-0.3, -0.25) is 9.59 Å². The lowest BCUT2D eigenvalue weighted by Gasteiger charge is -2.11. The zero-order chi connectivity index (χ0) is 14.0. The normalized spacial score (nSPS) is 15.7. The van der Waals surface area contributed by atoms with Crippen LogP contribution in [0.1, 0.15) is 18.4 Å². The zero-order valence-electron chi connectivity index (χ0n) is 10.4. The highest BCUT2D eigenvalue weighted by atomic mass is 79.9. The van der Waals surface area contributed by atoms with Crippen LogP contribution < -0.4 is 10.1 Å². The molecule has 0 saturated heterocycles. The molecule has 0 aliphatic heterocycles. The Hall–Kier alpha value is -1.56. The standard InChI is InChI=1S/C13H14BrNO4/c1-19-10-3-2-8(6-9(10)14)7-15-11(16)13(4-5-13)12(17)18/h2-3,6H,4-5,7H2,1H3,(H,15,16)(H,17,18). The number of carbonyl (C=O) groups is 2. The second-order valence-electron chi connectivity index (χ2n) is 4.54. The van der Waals surface area contributed by atoms with Crippen LogP contribution in [0.15, 0.2) is 22.7 Å². The first-order valence-corrected chi connectivity index (χ1v) is 6.63. The minimum Gasteiger partial charge on any atom is -0.496 e. The molecule has 1 aliphatic carbocycles. The molecule has 5 nitrogen and oxygen atoms in total. The number of ether oxygens (including phenoxy) is 1. The van der Waals surface area contributed by atoms with Gasteiger partial charge < -0.3 is 15.2 Å². The van der Waals surface area contributed by atoms with Crippen LogP contribution in [0.25, 0.3) is 0 Å². The molecular weight excluding hydrogens is 314 g/mol. The molecule has 2 N–H and O–H groups in total.